The maximum absolute atomic E-state index is 11.3. The molecule has 2 rings (SSSR count). The third-order valence-corrected chi connectivity index (χ3v) is 4.13. The minimum Gasteiger partial charge on any atom is -0.497 e. The minimum absolute atomic E-state index is 0.381. The predicted molar refractivity (Wildman–Crippen MR) is 86.2 cm³/mol. The molecule has 4 nitrogen and oxygen atoms in total. The van der Waals surface area contributed by atoms with Crippen molar-refractivity contribution in [3.63, 3.8) is 0 Å². The van der Waals surface area contributed by atoms with Gasteiger partial charge in [0, 0.05) is 44.7 Å². The molecule has 1 saturated heterocycles. The van der Waals surface area contributed by atoms with Crippen LogP contribution in [0.15, 0.2) is 24.3 Å². The molecular formula is C17H26N2O2. The van der Waals surface area contributed by atoms with Gasteiger partial charge in [0.1, 0.15) is 11.5 Å². The molecule has 21 heavy (non-hydrogen) atoms. The van der Waals surface area contributed by atoms with Crippen LogP contribution in [-0.4, -0.2) is 50.5 Å². The lowest BCUT2D eigenvalue weighted by molar-refractivity contribution is -0.118. The second-order valence-electron chi connectivity index (χ2n) is 5.52. The molecule has 0 N–H and O–H groups in total. The van der Waals surface area contributed by atoms with Crippen LogP contribution in [0, 0.1) is 0 Å². The second kappa shape index (κ2) is 8.03. The van der Waals surface area contributed by atoms with E-state index in [0.29, 0.717) is 12.2 Å². The first kappa shape index (κ1) is 15.8. The van der Waals surface area contributed by atoms with E-state index in [1.165, 1.54) is 5.69 Å². The zero-order chi connectivity index (χ0) is 15.1. The Morgan fingerprint density at radius 1 is 1.14 bits per heavy atom. The Balaban J connectivity index is 1.73. The Bertz CT molecular complexity index is 437. The normalized spacial score (nSPS) is 16.0. The number of carbonyl (C=O) groups is 1. The molecule has 0 unspecified atom stereocenters. The average Bonchev–Trinajstić information content (AvgIpc) is 2.55. The van der Waals surface area contributed by atoms with E-state index in [4.69, 9.17) is 4.74 Å². The average molecular weight is 290 g/mol. The van der Waals surface area contributed by atoms with Crippen molar-refractivity contribution in [1.29, 1.82) is 0 Å². The second-order valence-corrected chi connectivity index (χ2v) is 5.52. The molecule has 1 fully saturated rings. The highest BCUT2D eigenvalue weighted by Crippen LogP contribution is 2.20. The number of nitrogens with zero attached hydrogens (tertiary/aromatic N) is 2. The summed E-state index contributed by atoms with van der Waals surface area (Å²) >= 11 is 0. The highest BCUT2D eigenvalue weighted by Gasteiger charge is 2.17. The van der Waals surface area contributed by atoms with E-state index in [1.54, 1.807) is 7.11 Å². The van der Waals surface area contributed by atoms with Crippen LogP contribution in [0.5, 0.6) is 5.75 Å². The summed E-state index contributed by atoms with van der Waals surface area (Å²) < 4.78 is 5.19. The number of anilines is 1. The van der Waals surface area contributed by atoms with E-state index in [2.05, 4.69) is 21.9 Å². The molecular weight excluding hydrogens is 264 g/mol. The Morgan fingerprint density at radius 3 is 2.38 bits per heavy atom. The van der Waals surface area contributed by atoms with Gasteiger partial charge in [-0.25, -0.2) is 0 Å². The first-order valence-electron chi connectivity index (χ1n) is 7.86. The van der Waals surface area contributed by atoms with Crippen molar-refractivity contribution >= 4 is 11.5 Å². The van der Waals surface area contributed by atoms with Gasteiger partial charge in [-0.1, -0.05) is 6.92 Å². The fourth-order valence-electron chi connectivity index (χ4n) is 2.70. The van der Waals surface area contributed by atoms with Crippen LogP contribution in [0.2, 0.25) is 0 Å². The summed E-state index contributed by atoms with van der Waals surface area (Å²) in [7, 11) is 1.69. The van der Waals surface area contributed by atoms with Gasteiger partial charge in [-0.05, 0) is 37.2 Å². The van der Waals surface area contributed by atoms with Gasteiger partial charge in [0.25, 0.3) is 0 Å². The highest BCUT2D eigenvalue weighted by molar-refractivity contribution is 5.77. The molecule has 0 radical (unpaired) electrons. The summed E-state index contributed by atoms with van der Waals surface area (Å²) in [5, 5.41) is 0. The predicted octanol–water partition coefficient (Wildman–Crippen LogP) is 2.58. The minimum atomic E-state index is 0.381. The Hall–Kier alpha value is -1.55. The third kappa shape index (κ3) is 4.74. The van der Waals surface area contributed by atoms with Crippen LogP contribution in [0.25, 0.3) is 0 Å². The third-order valence-electron chi connectivity index (χ3n) is 4.13. The molecule has 0 bridgehead atoms. The van der Waals surface area contributed by atoms with E-state index in [-0.39, 0.29) is 0 Å². The number of hydrogen-bond acceptors (Lipinski definition) is 4. The first-order chi connectivity index (χ1) is 10.2. The Labute approximate surface area is 127 Å². The van der Waals surface area contributed by atoms with Crippen molar-refractivity contribution in [2.75, 3.05) is 44.7 Å². The number of rotatable bonds is 7. The van der Waals surface area contributed by atoms with Crippen molar-refractivity contribution in [1.82, 2.24) is 4.90 Å². The summed E-state index contributed by atoms with van der Waals surface area (Å²) in [4.78, 5) is 16.2. The van der Waals surface area contributed by atoms with Crippen molar-refractivity contribution in [2.24, 2.45) is 0 Å². The lowest BCUT2D eigenvalue weighted by Gasteiger charge is -2.36. The van der Waals surface area contributed by atoms with Crippen molar-refractivity contribution in [3.05, 3.63) is 24.3 Å². The molecule has 0 aromatic heterocycles. The maximum Gasteiger partial charge on any atom is 0.132 e. The lowest BCUT2D eigenvalue weighted by atomic mass is 10.1. The molecule has 1 aliphatic rings. The molecule has 1 aromatic rings. The number of Topliss-reactive ketones (excluding diaryl/α,β-unsaturated/α-hetero) is 1. The highest BCUT2D eigenvalue weighted by atomic mass is 16.5. The van der Waals surface area contributed by atoms with Gasteiger partial charge >= 0.3 is 0 Å². The van der Waals surface area contributed by atoms with E-state index < -0.39 is 0 Å². The fraction of sp³-hybridized carbons (Fsp3) is 0.588. The van der Waals surface area contributed by atoms with Crippen LogP contribution in [0.3, 0.4) is 0 Å². The van der Waals surface area contributed by atoms with E-state index >= 15 is 0 Å². The van der Waals surface area contributed by atoms with Gasteiger partial charge in [0.15, 0.2) is 0 Å². The van der Waals surface area contributed by atoms with Gasteiger partial charge in [-0.3, -0.25) is 9.69 Å². The van der Waals surface area contributed by atoms with Crippen molar-refractivity contribution in [3.8, 4) is 5.75 Å². The molecule has 1 aromatic carbocycles. The number of ketones is 1. The molecule has 0 atom stereocenters. The summed E-state index contributed by atoms with van der Waals surface area (Å²) in [6.45, 7) is 7.24. The maximum atomic E-state index is 11.3. The van der Waals surface area contributed by atoms with E-state index in [0.717, 1.165) is 51.3 Å². The van der Waals surface area contributed by atoms with Gasteiger partial charge in [-0.15, -0.1) is 0 Å². The number of carbonyl (C=O) groups excluding carboxylic acids is 1. The monoisotopic (exact) mass is 290 g/mol. The van der Waals surface area contributed by atoms with Crippen molar-refractivity contribution in [2.45, 2.75) is 26.2 Å². The summed E-state index contributed by atoms with van der Waals surface area (Å²) in [5.41, 5.74) is 1.26. The number of benzene rings is 1. The quantitative estimate of drug-likeness (QED) is 0.773. The number of methoxy groups -OCH3 is 1. The van der Waals surface area contributed by atoms with Crippen LogP contribution in [0.4, 0.5) is 5.69 Å². The van der Waals surface area contributed by atoms with E-state index in [9.17, 15) is 4.79 Å². The first-order valence-corrected chi connectivity index (χ1v) is 7.86. The zero-order valence-electron chi connectivity index (χ0n) is 13.2. The molecule has 0 spiro atoms. The molecule has 0 aliphatic carbocycles. The van der Waals surface area contributed by atoms with Crippen LogP contribution < -0.4 is 9.64 Å². The molecule has 0 saturated carbocycles. The lowest BCUT2D eigenvalue weighted by Crippen LogP contribution is -2.46. The number of ether oxygens (including phenoxy) is 1. The number of piperazine rings is 1. The topological polar surface area (TPSA) is 32.8 Å². The largest absolute Gasteiger partial charge is 0.497 e. The molecule has 4 heteroatoms. The van der Waals surface area contributed by atoms with Gasteiger partial charge in [0.2, 0.25) is 0 Å². The molecule has 0 amide bonds. The SMILES string of the molecule is CCC(=O)CCCN1CCN(c2ccc(OC)cc2)CC1. The Morgan fingerprint density at radius 2 is 1.81 bits per heavy atom. The summed E-state index contributed by atoms with van der Waals surface area (Å²) in [5.74, 6) is 1.28. The zero-order valence-corrected chi connectivity index (χ0v) is 13.2. The van der Waals surface area contributed by atoms with Gasteiger partial charge in [0.05, 0.1) is 7.11 Å². The molecule has 1 aliphatic heterocycles. The van der Waals surface area contributed by atoms with Crippen LogP contribution >= 0.6 is 0 Å². The van der Waals surface area contributed by atoms with Gasteiger partial charge in [-0.2, -0.15) is 0 Å². The van der Waals surface area contributed by atoms with Crippen LogP contribution in [0.1, 0.15) is 26.2 Å². The number of hydrogen-bond donors (Lipinski definition) is 0. The molecule has 116 valence electrons. The fourth-order valence-corrected chi connectivity index (χ4v) is 2.70. The molecule has 1 heterocycles. The summed E-state index contributed by atoms with van der Waals surface area (Å²) in [6, 6.07) is 8.26. The van der Waals surface area contributed by atoms with Crippen molar-refractivity contribution < 1.29 is 9.53 Å². The smallest absolute Gasteiger partial charge is 0.132 e. The standard InChI is InChI=1S/C17H26N2O2/c1-3-16(20)5-4-10-18-11-13-19(14-12-18)15-6-8-17(21-2)9-7-15/h6-9H,3-5,10-14H2,1-2H3. The van der Waals surface area contributed by atoms with Crippen LogP contribution in [-0.2, 0) is 4.79 Å². The Kier molecular flexibility index (Phi) is 6.05. The summed E-state index contributed by atoms with van der Waals surface area (Å²) in [6.07, 6.45) is 2.40. The van der Waals surface area contributed by atoms with Gasteiger partial charge < -0.3 is 9.64 Å². The van der Waals surface area contributed by atoms with E-state index in [1.807, 2.05) is 19.1 Å².